The Hall–Kier alpha value is -5.00. The van der Waals surface area contributed by atoms with Crippen LogP contribution in [0.1, 0.15) is 65.8 Å². The standard InChI is InChI=1S/C42H41N5O3S2/c48-41-39-15-1-2-16-40(39)42(49)47(41)19-7-8-20-50-36-24-32(26-45(30-37-13-9-21-51-37)28-34-11-3-5-17-43-34)23-33(25-36)27-46(31-38-14-10-22-52-38)29-35-12-4-6-18-44-35/h1-6,9-18,21-25H,7-8,19-20,26-31H2. The van der Waals surface area contributed by atoms with E-state index in [1.807, 2.05) is 36.7 Å². The van der Waals surface area contributed by atoms with Gasteiger partial charge in [-0.3, -0.25) is 34.3 Å². The summed E-state index contributed by atoms with van der Waals surface area (Å²) in [5.41, 5.74) is 5.37. The van der Waals surface area contributed by atoms with Crippen molar-refractivity contribution in [1.29, 1.82) is 0 Å². The summed E-state index contributed by atoms with van der Waals surface area (Å²) >= 11 is 3.53. The summed E-state index contributed by atoms with van der Waals surface area (Å²) in [4.78, 5) is 43.7. The lowest BCUT2D eigenvalue weighted by atomic mass is 10.1. The third-order valence-electron chi connectivity index (χ3n) is 8.90. The monoisotopic (exact) mass is 727 g/mol. The third kappa shape index (κ3) is 9.45. The summed E-state index contributed by atoms with van der Waals surface area (Å²) in [6.45, 7) is 5.38. The van der Waals surface area contributed by atoms with Gasteiger partial charge in [0.2, 0.25) is 0 Å². The number of aromatic nitrogens is 2. The lowest BCUT2D eigenvalue weighted by Crippen LogP contribution is -2.30. The molecule has 264 valence electrons. The second-order valence-corrected chi connectivity index (χ2v) is 15.0. The summed E-state index contributed by atoms with van der Waals surface area (Å²) < 4.78 is 6.43. The molecule has 4 aromatic heterocycles. The van der Waals surface area contributed by atoms with Gasteiger partial charge in [-0.05, 0) is 95.4 Å². The Morgan fingerprint density at radius 3 is 1.60 bits per heavy atom. The van der Waals surface area contributed by atoms with Crippen LogP contribution in [0.25, 0.3) is 0 Å². The number of ether oxygens (including phenoxy) is 1. The molecule has 2 aromatic carbocycles. The molecule has 0 aliphatic carbocycles. The molecule has 1 aliphatic rings. The lowest BCUT2D eigenvalue weighted by molar-refractivity contribution is 0.0649. The number of hydrogen-bond acceptors (Lipinski definition) is 9. The summed E-state index contributed by atoms with van der Waals surface area (Å²) in [5.74, 6) is 0.389. The number of unbranched alkanes of at least 4 members (excludes halogenated alkanes) is 1. The van der Waals surface area contributed by atoms with E-state index in [-0.39, 0.29) is 11.8 Å². The number of carbonyl (C=O) groups excluding carboxylic acids is 2. The number of thiophene rings is 2. The van der Waals surface area contributed by atoms with E-state index in [2.05, 4.69) is 85.1 Å². The molecule has 0 saturated carbocycles. The fraction of sp³-hybridized carbons (Fsp3) is 0.238. The second-order valence-electron chi connectivity index (χ2n) is 12.9. The number of benzene rings is 2. The molecule has 7 rings (SSSR count). The van der Waals surface area contributed by atoms with E-state index >= 15 is 0 Å². The van der Waals surface area contributed by atoms with E-state index in [4.69, 9.17) is 4.74 Å². The van der Waals surface area contributed by atoms with E-state index < -0.39 is 0 Å². The van der Waals surface area contributed by atoms with Crippen LogP contribution in [-0.4, -0.2) is 49.6 Å². The Bertz CT molecular complexity index is 1900. The van der Waals surface area contributed by atoms with Crippen molar-refractivity contribution in [3.8, 4) is 5.75 Å². The fourth-order valence-corrected chi connectivity index (χ4v) is 8.03. The molecule has 5 heterocycles. The van der Waals surface area contributed by atoms with E-state index in [9.17, 15) is 9.59 Å². The highest BCUT2D eigenvalue weighted by Crippen LogP contribution is 2.26. The van der Waals surface area contributed by atoms with Gasteiger partial charge in [0.25, 0.3) is 11.8 Å². The molecule has 0 unspecified atom stereocenters. The molecule has 0 N–H and O–H groups in total. The topological polar surface area (TPSA) is 78.9 Å². The van der Waals surface area contributed by atoms with Crippen molar-refractivity contribution >= 4 is 34.5 Å². The Balaban J connectivity index is 1.08. The average molecular weight is 728 g/mol. The van der Waals surface area contributed by atoms with Crippen LogP contribution in [0.5, 0.6) is 5.75 Å². The Morgan fingerprint density at radius 1 is 0.577 bits per heavy atom. The quantitative estimate of drug-likeness (QED) is 0.0650. The molecule has 0 fully saturated rings. The molecule has 52 heavy (non-hydrogen) atoms. The van der Waals surface area contributed by atoms with Crippen LogP contribution in [-0.2, 0) is 39.3 Å². The zero-order valence-electron chi connectivity index (χ0n) is 29.0. The van der Waals surface area contributed by atoms with Gasteiger partial charge >= 0.3 is 0 Å². The highest BCUT2D eigenvalue weighted by atomic mass is 32.1. The van der Waals surface area contributed by atoms with Crippen LogP contribution in [0, 0.1) is 0 Å². The molecule has 8 nitrogen and oxygen atoms in total. The summed E-state index contributed by atoms with van der Waals surface area (Å²) in [6.07, 6.45) is 5.07. The van der Waals surface area contributed by atoms with Crippen LogP contribution in [0.2, 0.25) is 0 Å². The highest BCUT2D eigenvalue weighted by Gasteiger charge is 2.34. The molecule has 10 heteroatoms. The van der Waals surface area contributed by atoms with E-state index in [0.29, 0.717) is 37.1 Å². The van der Waals surface area contributed by atoms with Crippen LogP contribution < -0.4 is 4.74 Å². The number of nitrogens with zero attached hydrogens (tertiary/aromatic N) is 5. The maximum atomic E-state index is 12.8. The number of pyridine rings is 2. The highest BCUT2D eigenvalue weighted by molar-refractivity contribution is 7.10. The predicted molar refractivity (Wildman–Crippen MR) is 206 cm³/mol. The predicted octanol–water partition coefficient (Wildman–Crippen LogP) is 8.46. The maximum Gasteiger partial charge on any atom is 0.261 e. The van der Waals surface area contributed by atoms with Crippen molar-refractivity contribution < 1.29 is 14.3 Å². The molecule has 0 radical (unpaired) electrons. The summed E-state index contributed by atoms with van der Waals surface area (Å²) in [7, 11) is 0. The van der Waals surface area contributed by atoms with Crippen molar-refractivity contribution in [2.24, 2.45) is 0 Å². The van der Waals surface area contributed by atoms with Crippen molar-refractivity contribution in [3.05, 3.63) is 170 Å². The van der Waals surface area contributed by atoms with Gasteiger partial charge < -0.3 is 4.74 Å². The van der Waals surface area contributed by atoms with Crippen molar-refractivity contribution in [2.45, 2.75) is 52.1 Å². The van der Waals surface area contributed by atoms with Gasteiger partial charge in [-0.1, -0.05) is 42.5 Å². The largest absolute Gasteiger partial charge is 0.494 e. The number of rotatable bonds is 18. The number of hydrogen-bond donors (Lipinski definition) is 0. The first-order chi connectivity index (χ1) is 25.6. The third-order valence-corrected chi connectivity index (χ3v) is 10.6. The van der Waals surface area contributed by atoms with Gasteiger partial charge in [0.05, 0.1) is 29.1 Å². The van der Waals surface area contributed by atoms with Crippen LogP contribution >= 0.6 is 22.7 Å². The minimum Gasteiger partial charge on any atom is -0.494 e. The van der Waals surface area contributed by atoms with Crippen LogP contribution in [0.15, 0.2) is 126 Å². The van der Waals surface area contributed by atoms with Gasteiger partial charge in [0.15, 0.2) is 0 Å². The zero-order chi connectivity index (χ0) is 35.5. The second kappa shape index (κ2) is 17.5. The Kier molecular flexibility index (Phi) is 11.9. The number of carbonyl (C=O) groups is 2. The van der Waals surface area contributed by atoms with E-state index in [1.54, 1.807) is 46.9 Å². The van der Waals surface area contributed by atoms with Gasteiger partial charge in [0.1, 0.15) is 5.75 Å². The van der Waals surface area contributed by atoms with Gasteiger partial charge in [0, 0.05) is 68.0 Å². The lowest BCUT2D eigenvalue weighted by Gasteiger charge is -2.24. The number of imide groups is 1. The molecule has 2 amide bonds. The minimum absolute atomic E-state index is 0.213. The van der Waals surface area contributed by atoms with Crippen molar-refractivity contribution in [2.75, 3.05) is 13.2 Å². The van der Waals surface area contributed by atoms with Gasteiger partial charge in [-0.2, -0.15) is 0 Å². The SMILES string of the molecule is O=C1c2ccccc2C(=O)N1CCCCOc1cc(CN(Cc2ccccn2)Cc2cccs2)cc(CN(Cc2ccccn2)Cc2cccs2)c1. The molecular weight excluding hydrogens is 687 g/mol. The van der Waals surface area contributed by atoms with E-state index in [0.717, 1.165) is 56.4 Å². The van der Waals surface area contributed by atoms with Crippen LogP contribution in [0.4, 0.5) is 0 Å². The molecule has 0 saturated heterocycles. The molecule has 1 aliphatic heterocycles. The van der Waals surface area contributed by atoms with Crippen molar-refractivity contribution in [3.63, 3.8) is 0 Å². The normalized spacial score (nSPS) is 12.6. The smallest absolute Gasteiger partial charge is 0.261 e. The van der Waals surface area contributed by atoms with E-state index in [1.165, 1.54) is 25.8 Å². The first-order valence-electron chi connectivity index (χ1n) is 17.6. The molecule has 0 atom stereocenters. The number of amides is 2. The molecular formula is C42H41N5O3S2. The summed E-state index contributed by atoms with van der Waals surface area (Å²) in [6, 6.07) is 34.3. The minimum atomic E-state index is -0.213. The molecule has 6 aromatic rings. The fourth-order valence-electron chi connectivity index (χ4n) is 6.54. The Labute approximate surface area is 313 Å². The van der Waals surface area contributed by atoms with Crippen LogP contribution in [0.3, 0.4) is 0 Å². The van der Waals surface area contributed by atoms with Gasteiger partial charge in [-0.25, -0.2) is 0 Å². The Morgan fingerprint density at radius 2 is 1.12 bits per heavy atom. The summed E-state index contributed by atoms with van der Waals surface area (Å²) in [5, 5.41) is 4.25. The molecule has 0 bridgehead atoms. The molecule has 0 spiro atoms. The average Bonchev–Trinajstić information content (AvgIpc) is 3.92. The first kappa shape index (κ1) is 35.4. The maximum absolute atomic E-state index is 12.8. The zero-order valence-corrected chi connectivity index (χ0v) is 30.6. The number of fused-ring (bicyclic) bond motifs is 1. The first-order valence-corrected chi connectivity index (χ1v) is 19.3. The van der Waals surface area contributed by atoms with Gasteiger partial charge in [-0.15, -0.1) is 22.7 Å². The van der Waals surface area contributed by atoms with Crippen molar-refractivity contribution in [1.82, 2.24) is 24.7 Å².